The van der Waals surface area contributed by atoms with Crippen LogP contribution in [-0.2, 0) is 9.53 Å². The van der Waals surface area contributed by atoms with E-state index < -0.39 is 0 Å². The Morgan fingerprint density at radius 2 is 2.38 bits per heavy atom. The van der Waals surface area contributed by atoms with Gasteiger partial charge in [0.25, 0.3) is 0 Å². The standard InChI is InChI=1S/C13H21NO2/c1-5-6-10-7-13(4)14(12(10)15)11(8-16-13)9(2)3/h5,9-11H,1,6-8H2,2-4H3. The monoisotopic (exact) mass is 223 g/mol. The summed E-state index contributed by atoms with van der Waals surface area (Å²) in [5, 5.41) is 0. The molecule has 0 bridgehead atoms. The number of nitrogens with zero attached hydrogens (tertiary/aromatic N) is 1. The SMILES string of the molecule is C=CCC1CC2(C)OCC(C(C)C)N2C1=O. The molecule has 0 aromatic rings. The van der Waals surface area contributed by atoms with E-state index in [0.717, 1.165) is 12.8 Å². The lowest BCUT2D eigenvalue weighted by molar-refractivity contribution is -0.139. The van der Waals surface area contributed by atoms with Crippen LogP contribution in [0.15, 0.2) is 12.7 Å². The van der Waals surface area contributed by atoms with Crippen LogP contribution < -0.4 is 0 Å². The van der Waals surface area contributed by atoms with Crippen molar-refractivity contribution in [2.75, 3.05) is 6.61 Å². The Balaban J connectivity index is 2.22. The van der Waals surface area contributed by atoms with Crippen molar-refractivity contribution in [1.29, 1.82) is 0 Å². The maximum atomic E-state index is 12.3. The molecule has 0 saturated carbocycles. The van der Waals surface area contributed by atoms with Crippen LogP contribution in [0.5, 0.6) is 0 Å². The van der Waals surface area contributed by atoms with Gasteiger partial charge in [0.05, 0.1) is 12.6 Å². The van der Waals surface area contributed by atoms with Crippen LogP contribution in [0.2, 0.25) is 0 Å². The van der Waals surface area contributed by atoms with E-state index in [1.165, 1.54) is 0 Å². The topological polar surface area (TPSA) is 29.5 Å². The van der Waals surface area contributed by atoms with Gasteiger partial charge in [-0.1, -0.05) is 19.9 Å². The molecule has 1 amide bonds. The Labute approximate surface area is 97.5 Å². The number of rotatable bonds is 3. The largest absolute Gasteiger partial charge is 0.354 e. The van der Waals surface area contributed by atoms with Gasteiger partial charge in [-0.25, -0.2) is 0 Å². The number of hydrogen-bond donors (Lipinski definition) is 0. The number of fused-ring (bicyclic) bond motifs is 1. The third-order valence-electron chi connectivity index (χ3n) is 3.84. The molecule has 3 unspecified atom stereocenters. The highest BCUT2D eigenvalue weighted by Gasteiger charge is 2.55. The lowest BCUT2D eigenvalue weighted by atomic mass is 10.0. The van der Waals surface area contributed by atoms with Gasteiger partial charge in [-0.3, -0.25) is 4.79 Å². The van der Waals surface area contributed by atoms with Gasteiger partial charge in [0.2, 0.25) is 5.91 Å². The van der Waals surface area contributed by atoms with Gasteiger partial charge in [-0.15, -0.1) is 6.58 Å². The molecular weight excluding hydrogens is 202 g/mol. The normalized spacial score (nSPS) is 38.2. The van der Waals surface area contributed by atoms with Crippen LogP contribution in [0.1, 0.15) is 33.6 Å². The zero-order valence-electron chi connectivity index (χ0n) is 10.4. The molecule has 0 aromatic carbocycles. The number of carbonyl (C=O) groups excluding carboxylic acids is 1. The van der Waals surface area contributed by atoms with E-state index in [9.17, 15) is 4.79 Å². The highest BCUT2D eigenvalue weighted by Crippen LogP contribution is 2.43. The Hall–Kier alpha value is -0.830. The lowest BCUT2D eigenvalue weighted by Gasteiger charge is -2.31. The van der Waals surface area contributed by atoms with Crippen LogP contribution >= 0.6 is 0 Å². The second kappa shape index (κ2) is 3.88. The highest BCUT2D eigenvalue weighted by molar-refractivity contribution is 5.83. The smallest absolute Gasteiger partial charge is 0.228 e. The second-order valence-corrected chi connectivity index (χ2v) is 5.43. The summed E-state index contributed by atoms with van der Waals surface area (Å²) in [6.07, 6.45) is 3.40. The van der Waals surface area contributed by atoms with Crippen molar-refractivity contribution < 1.29 is 9.53 Å². The summed E-state index contributed by atoms with van der Waals surface area (Å²) in [5.74, 6) is 0.774. The Morgan fingerprint density at radius 3 is 2.94 bits per heavy atom. The second-order valence-electron chi connectivity index (χ2n) is 5.43. The van der Waals surface area contributed by atoms with Crippen LogP contribution in [0.3, 0.4) is 0 Å². The molecule has 0 N–H and O–H groups in total. The third kappa shape index (κ3) is 1.58. The number of amides is 1. The minimum Gasteiger partial charge on any atom is -0.354 e. The quantitative estimate of drug-likeness (QED) is 0.686. The van der Waals surface area contributed by atoms with E-state index in [1.54, 1.807) is 0 Å². The first kappa shape index (κ1) is 11.6. The number of carbonyl (C=O) groups is 1. The molecule has 2 heterocycles. The maximum Gasteiger partial charge on any atom is 0.228 e. The van der Waals surface area contributed by atoms with Crippen LogP contribution in [0.25, 0.3) is 0 Å². The van der Waals surface area contributed by atoms with Gasteiger partial charge < -0.3 is 9.64 Å². The zero-order chi connectivity index (χ0) is 11.9. The van der Waals surface area contributed by atoms with Crippen molar-refractivity contribution in [3.8, 4) is 0 Å². The molecular formula is C13H21NO2. The predicted molar refractivity (Wildman–Crippen MR) is 62.8 cm³/mol. The van der Waals surface area contributed by atoms with E-state index in [4.69, 9.17) is 4.74 Å². The van der Waals surface area contributed by atoms with E-state index in [-0.39, 0.29) is 23.6 Å². The molecule has 2 aliphatic rings. The third-order valence-corrected chi connectivity index (χ3v) is 3.84. The van der Waals surface area contributed by atoms with Crippen molar-refractivity contribution in [2.24, 2.45) is 11.8 Å². The molecule has 3 atom stereocenters. The van der Waals surface area contributed by atoms with Gasteiger partial charge in [0.1, 0.15) is 5.72 Å². The summed E-state index contributed by atoms with van der Waals surface area (Å²) < 4.78 is 5.86. The zero-order valence-corrected chi connectivity index (χ0v) is 10.4. The van der Waals surface area contributed by atoms with Crippen molar-refractivity contribution in [3.63, 3.8) is 0 Å². The maximum absolute atomic E-state index is 12.3. The molecule has 3 nitrogen and oxygen atoms in total. The van der Waals surface area contributed by atoms with Crippen LogP contribution in [-0.4, -0.2) is 29.2 Å². The average Bonchev–Trinajstić information content (AvgIpc) is 2.64. The fraction of sp³-hybridized carbons (Fsp3) is 0.769. The fourth-order valence-corrected chi connectivity index (χ4v) is 2.93. The molecule has 2 fully saturated rings. The van der Waals surface area contributed by atoms with E-state index in [0.29, 0.717) is 12.5 Å². The molecule has 2 rings (SSSR count). The molecule has 16 heavy (non-hydrogen) atoms. The molecule has 3 heteroatoms. The highest BCUT2D eigenvalue weighted by atomic mass is 16.5. The minimum absolute atomic E-state index is 0.0732. The molecule has 0 spiro atoms. The van der Waals surface area contributed by atoms with Gasteiger partial charge in [0, 0.05) is 12.3 Å². The van der Waals surface area contributed by atoms with Crippen LogP contribution in [0.4, 0.5) is 0 Å². The first-order chi connectivity index (χ1) is 7.49. The first-order valence-electron chi connectivity index (χ1n) is 6.07. The van der Waals surface area contributed by atoms with Gasteiger partial charge in [0.15, 0.2) is 0 Å². The molecule has 90 valence electrons. The average molecular weight is 223 g/mol. The van der Waals surface area contributed by atoms with Crippen molar-refractivity contribution >= 4 is 5.91 Å². The molecule has 0 aromatic heterocycles. The summed E-state index contributed by atoms with van der Waals surface area (Å²) in [5.41, 5.74) is -0.361. The van der Waals surface area contributed by atoms with Gasteiger partial charge in [-0.2, -0.15) is 0 Å². The van der Waals surface area contributed by atoms with Crippen molar-refractivity contribution in [3.05, 3.63) is 12.7 Å². The molecule has 2 saturated heterocycles. The summed E-state index contributed by atoms with van der Waals surface area (Å²) in [7, 11) is 0. The molecule has 2 aliphatic heterocycles. The Bertz CT molecular complexity index is 313. The molecule has 0 aliphatic carbocycles. The summed E-state index contributed by atoms with van der Waals surface area (Å²) in [6.45, 7) is 10.7. The number of ether oxygens (including phenoxy) is 1. The lowest BCUT2D eigenvalue weighted by Crippen LogP contribution is -2.45. The number of hydrogen-bond acceptors (Lipinski definition) is 2. The van der Waals surface area contributed by atoms with Crippen molar-refractivity contribution in [2.45, 2.75) is 45.4 Å². The van der Waals surface area contributed by atoms with Gasteiger partial charge in [-0.05, 0) is 19.3 Å². The Morgan fingerprint density at radius 1 is 1.69 bits per heavy atom. The van der Waals surface area contributed by atoms with E-state index >= 15 is 0 Å². The van der Waals surface area contributed by atoms with Crippen molar-refractivity contribution in [1.82, 2.24) is 4.90 Å². The first-order valence-corrected chi connectivity index (χ1v) is 6.07. The van der Waals surface area contributed by atoms with E-state index in [2.05, 4.69) is 20.4 Å². The van der Waals surface area contributed by atoms with Crippen LogP contribution in [0, 0.1) is 11.8 Å². The summed E-state index contributed by atoms with van der Waals surface area (Å²) >= 11 is 0. The number of allylic oxidation sites excluding steroid dienone is 1. The predicted octanol–water partition coefficient (Wildman–Crippen LogP) is 2.18. The molecule has 0 radical (unpaired) electrons. The van der Waals surface area contributed by atoms with Gasteiger partial charge >= 0.3 is 0 Å². The Kier molecular flexibility index (Phi) is 2.82. The van der Waals surface area contributed by atoms with E-state index in [1.807, 2.05) is 17.9 Å². The summed E-state index contributed by atoms with van der Waals surface area (Å²) in [4.78, 5) is 14.3. The minimum atomic E-state index is -0.361. The fourth-order valence-electron chi connectivity index (χ4n) is 2.93. The summed E-state index contributed by atoms with van der Waals surface area (Å²) in [6, 6.07) is 0.243.